The summed E-state index contributed by atoms with van der Waals surface area (Å²) in [4.78, 5) is 12.7. The zero-order valence-electron chi connectivity index (χ0n) is 11.4. The van der Waals surface area contributed by atoms with Crippen molar-refractivity contribution in [3.8, 4) is 0 Å². The molecule has 0 atom stereocenters. The number of allylic oxidation sites excluding steroid dienone is 2. The third-order valence-corrected chi connectivity index (χ3v) is 2.96. The van der Waals surface area contributed by atoms with Crippen molar-refractivity contribution in [2.24, 2.45) is 0 Å². The average Bonchev–Trinajstić information content (AvgIpc) is 2.45. The number of halogens is 3. The minimum Gasteiger partial charge on any atom is -0.465 e. The highest BCUT2D eigenvalue weighted by Gasteiger charge is 2.33. The number of rotatable bonds is 2. The van der Waals surface area contributed by atoms with Crippen LogP contribution >= 0.6 is 0 Å². The largest absolute Gasteiger partial charge is 0.465 e. The second-order valence-electron chi connectivity index (χ2n) is 4.40. The SMILES string of the molecule is COC(=O)c1ccc(C2=C=CC(C(F)(F)F)=CN2C)cc1. The molecule has 21 heavy (non-hydrogen) atoms. The van der Waals surface area contributed by atoms with E-state index in [0.29, 0.717) is 16.8 Å². The Morgan fingerprint density at radius 2 is 1.86 bits per heavy atom. The predicted octanol–water partition coefficient (Wildman–Crippen LogP) is 3.36. The third-order valence-electron chi connectivity index (χ3n) is 2.96. The molecular formula is C15H12F3NO2. The molecule has 1 heterocycles. The van der Waals surface area contributed by atoms with Gasteiger partial charge in [0.05, 0.1) is 23.9 Å². The Bertz CT molecular complexity index is 650. The van der Waals surface area contributed by atoms with Gasteiger partial charge in [-0.1, -0.05) is 17.9 Å². The van der Waals surface area contributed by atoms with Gasteiger partial charge in [0.2, 0.25) is 0 Å². The highest BCUT2D eigenvalue weighted by Crippen LogP contribution is 2.31. The lowest BCUT2D eigenvalue weighted by Gasteiger charge is -2.22. The highest BCUT2D eigenvalue weighted by atomic mass is 19.4. The smallest absolute Gasteiger partial charge is 0.418 e. The Kier molecular flexibility index (Phi) is 3.91. The summed E-state index contributed by atoms with van der Waals surface area (Å²) >= 11 is 0. The molecule has 0 bridgehead atoms. The number of hydrogen-bond acceptors (Lipinski definition) is 3. The molecule has 0 aliphatic carbocycles. The van der Waals surface area contributed by atoms with E-state index in [2.05, 4.69) is 10.5 Å². The molecule has 6 heteroatoms. The van der Waals surface area contributed by atoms with Crippen molar-refractivity contribution in [3.05, 3.63) is 59.0 Å². The van der Waals surface area contributed by atoms with Gasteiger partial charge in [-0.25, -0.2) is 4.79 Å². The third kappa shape index (κ3) is 3.17. The number of benzene rings is 1. The number of carbonyl (C=O) groups excluding carboxylic acids is 1. The highest BCUT2D eigenvalue weighted by molar-refractivity contribution is 5.89. The lowest BCUT2D eigenvalue weighted by Crippen LogP contribution is -2.18. The van der Waals surface area contributed by atoms with Gasteiger partial charge >= 0.3 is 12.1 Å². The van der Waals surface area contributed by atoms with Gasteiger partial charge in [-0.15, -0.1) is 0 Å². The molecular weight excluding hydrogens is 283 g/mol. The van der Waals surface area contributed by atoms with Crippen LogP contribution in [0.1, 0.15) is 15.9 Å². The van der Waals surface area contributed by atoms with Gasteiger partial charge in [0.15, 0.2) is 0 Å². The van der Waals surface area contributed by atoms with E-state index in [0.717, 1.165) is 12.3 Å². The summed E-state index contributed by atoms with van der Waals surface area (Å²) in [6, 6.07) is 6.36. The summed E-state index contributed by atoms with van der Waals surface area (Å²) in [5, 5.41) is 0. The molecule has 0 unspecified atom stereocenters. The van der Waals surface area contributed by atoms with Crippen LogP contribution in [0.5, 0.6) is 0 Å². The first kappa shape index (κ1) is 14.9. The molecule has 0 saturated heterocycles. The van der Waals surface area contributed by atoms with Crippen molar-refractivity contribution in [1.29, 1.82) is 0 Å². The normalized spacial score (nSPS) is 14.6. The summed E-state index contributed by atoms with van der Waals surface area (Å²) in [5.41, 5.74) is 3.36. The number of carbonyl (C=O) groups is 1. The first-order valence-electron chi connectivity index (χ1n) is 6.00. The fourth-order valence-corrected chi connectivity index (χ4v) is 1.88. The van der Waals surface area contributed by atoms with Crippen molar-refractivity contribution in [2.45, 2.75) is 6.18 Å². The number of methoxy groups -OCH3 is 1. The number of hydrogen-bond donors (Lipinski definition) is 0. The fraction of sp³-hybridized carbons (Fsp3) is 0.200. The van der Waals surface area contributed by atoms with Crippen molar-refractivity contribution in [3.63, 3.8) is 0 Å². The molecule has 0 aromatic heterocycles. The molecule has 0 spiro atoms. The predicted molar refractivity (Wildman–Crippen MR) is 71.2 cm³/mol. The first-order chi connectivity index (χ1) is 9.82. The molecule has 3 nitrogen and oxygen atoms in total. The molecule has 1 aliphatic heterocycles. The Morgan fingerprint density at radius 3 is 2.33 bits per heavy atom. The van der Waals surface area contributed by atoms with Crippen molar-refractivity contribution in [2.75, 3.05) is 14.2 Å². The van der Waals surface area contributed by atoms with Crippen LogP contribution in [-0.2, 0) is 4.74 Å². The number of nitrogens with zero attached hydrogens (tertiary/aromatic N) is 1. The zero-order valence-corrected chi connectivity index (χ0v) is 11.4. The van der Waals surface area contributed by atoms with Crippen LogP contribution in [0.2, 0.25) is 0 Å². The van der Waals surface area contributed by atoms with Crippen LogP contribution in [0.3, 0.4) is 0 Å². The van der Waals surface area contributed by atoms with Gasteiger partial charge in [-0.3, -0.25) is 0 Å². The van der Waals surface area contributed by atoms with E-state index < -0.39 is 17.7 Å². The summed E-state index contributed by atoms with van der Waals surface area (Å²) in [7, 11) is 2.79. The summed E-state index contributed by atoms with van der Waals surface area (Å²) in [6.07, 6.45) is -2.49. The van der Waals surface area contributed by atoms with Crippen LogP contribution in [0, 0.1) is 0 Å². The van der Waals surface area contributed by atoms with E-state index in [9.17, 15) is 18.0 Å². The van der Waals surface area contributed by atoms with Gasteiger partial charge in [0, 0.05) is 18.8 Å². The molecule has 0 saturated carbocycles. The lowest BCUT2D eigenvalue weighted by molar-refractivity contribution is -0.0890. The standard InChI is InChI=1S/C15H12F3NO2/c1-19-9-12(15(16,17)18)7-8-13(19)10-3-5-11(6-4-10)14(20)21-2/h3-7,9H,1-2H3. The topological polar surface area (TPSA) is 29.5 Å². The summed E-state index contributed by atoms with van der Waals surface area (Å²) in [6.45, 7) is 0. The van der Waals surface area contributed by atoms with Crippen molar-refractivity contribution < 1.29 is 22.7 Å². The van der Waals surface area contributed by atoms with Crippen LogP contribution in [-0.4, -0.2) is 31.2 Å². The zero-order chi connectivity index (χ0) is 15.6. The molecule has 110 valence electrons. The van der Waals surface area contributed by atoms with E-state index in [1.807, 2.05) is 0 Å². The number of esters is 1. The number of ether oxygens (including phenoxy) is 1. The molecule has 0 radical (unpaired) electrons. The summed E-state index contributed by atoms with van der Waals surface area (Å²) in [5.74, 6) is -0.470. The molecule has 1 aliphatic rings. The lowest BCUT2D eigenvalue weighted by atomic mass is 10.1. The van der Waals surface area contributed by atoms with Crippen molar-refractivity contribution >= 4 is 11.7 Å². The Morgan fingerprint density at radius 1 is 1.24 bits per heavy atom. The summed E-state index contributed by atoms with van der Waals surface area (Å²) < 4.78 is 42.4. The van der Waals surface area contributed by atoms with Crippen LogP contribution in [0.15, 0.2) is 47.8 Å². The molecule has 0 N–H and O–H groups in total. The maximum absolute atomic E-state index is 12.6. The van der Waals surface area contributed by atoms with Crippen molar-refractivity contribution in [1.82, 2.24) is 4.90 Å². The van der Waals surface area contributed by atoms with E-state index in [1.165, 1.54) is 19.1 Å². The van der Waals surface area contributed by atoms with Gasteiger partial charge < -0.3 is 9.64 Å². The first-order valence-corrected chi connectivity index (χ1v) is 6.00. The molecule has 2 rings (SSSR count). The van der Waals surface area contributed by atoms with Gasteiger partial charge in [-0.2, -0.15) is 13.2 Å². The van der Waals surface area contributed by atoms with E-state index >= 15 is 0 Å². The molecule has 0 fully saturated rings. The van der Waals surface area contributed by atoms with E-state index in [-0.39, 0.29) is 0 Å². The molecule has 1 aromatic carbocycles. The Labute approximate surface area is 119 Å². The average molecular weight is 295 g/mol. The van der Waals surface area contributed by atoms with Gasteiger partial charge in [-0.05, 0) is 18.2 Å². The van der Waals surface area contributed by atoms with Crippen LogP contribution < -0.4 is 0 Å². The minimum atomic E-state index is -4.40. The maximum Gasteiger partial charge on any atom is 0.418 e. The fourth-order valence-electron chi connectivity index (χ4n) is 1.88. The van der Waals surface area contributed by atoms with E-state index in [1.54, 1.807) is 24.3 Å². The minimum absolute atomic E-state index is 0.371. The molecule has 1 aromatic rings. The number of alkyl halides is 3. The second-order valence-corrected chi connectivity index (χ2v) is 4.40. The van der Waals surface area contributed by atoms with Crippen LogP contribution in [0.25, 0.3) is 5.70 Å². The molecule has 0 amide bonds. The quantitative estimate of drug-likeness (QED) is 0.619. The van der Waals surface area contributed by atoms with Gasteiger partial charge in [0.25, 0.3) is 0 Å². The van der Waals surface area contributed by atoms with E-state index in [4.69, 9.17) is 0 Å². The maximum atomic E-state index is 12.6. The Balaban J connectivity index is 2.32. The monoisotopic (exact) mass is 295 g/mol. The second kappa shape index (κ2) is 5.50. The Hall–Kier alpha value is -2.46. The van der Waals surface area contributed by atoms with Gasteiger partial charge in [0.1, 0.15) is 0 Å². The van der Waals surface area contributed by atoms with Crippen LogP contribution in [0.4, 0.5) is 13.2 Å².